The molecule has 5 nitrogen and oxygen atoms in total. The quantitative estimate of drug-likeness (QED) is 0.854. The van der Waals surface area contributed by atoms with Gasteiger partial charge in [0, 0.05) is 12.5 Å². The standard InChI is InChI=1S/C16H21N3O2S/c1-3-11(2)14-17-15(21-18-14)12-7-4-5-9-19(12)16(20)13-8-6-10-22-13/h6,8,10-12H,3-5,7,9H2,1-2H3/t11-,12+/m1/s1. The van der Waals surface area contributed by atoms with Crippen LogP contribution in [-0.4, -0.2) is 27.5 Å². The Bertz CT molecular complexity index is 623. The summed E-state index contributed by atoms with van der Waals surface area (Å²) in [6, 6.07) is 3.69. The van der Waals surface area contributed by atoms with Crippen molar-refractivity contribution in [3.05, 3.63) is 34.1 Å². The van der Waals surface area contributed by atoms with E-state index in [2.05, 4.69) is 24.0 Å². The Labute approximate surface area is 134 Å². The summed E-state index contributed by atoms with van der Waals surface area (Å²) in [5, 5.41) is 6.03. The Morgan fingerprint density at radius 3 is 3.14 bits per heavy atom. The lowest BCUT2D eigenvalue weighted by molar-refractivity contribution is 0.0566. The zero-order chi connectivity index (χ0) is 15.5. The summed E-state index contributed by atoms with van der Waals surface area (Å²) in [4.78, 5) is 19.9. The highest BCUT2D eigenvalue weighted by Crippen LogP contribution is 2.32. The number of likely N-dealkylation sites (tertiary alicyclic amines) is 1. The van der Waals surface area contributed by atoms with E-state index < -0.39 is 0 Å². The highest BCUT2D eigenvalue weighted by molar-refractivity contribution is 7.12. The molecule has 0 spiro atoms. The predicted octanol–water partition coefficient (Wildman–Crippen LogP) is 4.01. The van der Waals surface area contributed by atoms with Gasteiger partial charge in [-0.15, -0.1) is 11.3 Å². The second-order valence-electron chi connectivity index (χ2n) is 5.79. The molecule has 0 aromatic carbocycles. The van der Waals surface area contributed by atoms with Gasteiger partial charge in [-0.25, -0.2) is 0 Å². The number of carbonyl (C=O) groups excluding carboxylic acids is 1. The second kappa shape index (κ2) is 6.60. The van der Waals surface area contributed by atoms with Crippen molar-refractivity contribution in [1.29, 1.82) is 0 Å². The average Bonchev–Trinajstić information content (AvgIpc) is 3.25. The first-order chi connectivity index (χ1) is 10.7. The number of carbonyl (C=O) groups is 1. The molecule has 1 aliphatic rings. The van der Waals surface area contributed by atoms with Gasteiger partial charge in [0.25, 0.3) is 5.91 Å². The van der Waals surface area contributed by atoms with Crippen LogP contribution < -0.4 is 0 Å². The topological polar surface area (TPSA) is 59.2 Å². The van der Waals surface area contributed by atoms with Gasteiger partial charge < -0.3 is 9.42 Å². The minimum atomic E-state index is -0.0892. The maximum atomic E-state index is 12.7. The van der Waals surface area contributed by atoms with E-state index in [-0.39, 0.29) is 17.9 Å². The molecule has 0 radical (unpaired) electrons. The molecule has 0 saturated carbocycles. The van der Waals surface area contributed by atoms with Crippen LogP contribution in [0.3, 0.4) is 0 Å². The third kappa shape index (κ3) is 2.92. The number of rotatable bonds is 4. The lowest BCUT2D eigenvalue weighted by Crippen LogP contribution is -2.38. The summed E-state index contributed by atoms with van der Waals surface area (Å²) in [6.45, 7) is 4.94. The van der Waals surface area contributed by atoms with Crippen molar-refractivity contribution in [3.63, 3.8) is 0 Å². The number of aromatic nitrogens is 2. The van der Waals surface area contributed by atoms with Gasteiger partial charge in [-0.2, -0.15) is 4.98 Å². The largest absolute Gasteiger partial charge is 0.337 e. The fourth-order valence-corrected chi connectivity index (χ4v) is 3.42. The zero-order valence-corrected chi connectivity index (χ0v) is 13.8. The molecule has 0 bridgehead atoms. The van der Waals surface area contributed by atoms with E-state index in [0.29, 0.717) is 5.89 Å². The van der Waals surface area contributed by atoms with Crippen molar-refractivity contribution in [2.24, 2.45) is 0 Å². The van der Waals surface area contributed by atoms with Gasteiger partial charge >= 0.3 is 0 Å². The Morgan fingerprint density at radius 1 is 1.55 bits per heavy atom. The maximum Gasteiger partial charge on any atom is 0.264 e. The van der Waals surface area contributed by atoms with Crippen LogP contribution in [0.4, 0.5) is 0 Å². The molecule has 1 aliphatic heterocycles. The highest BCUT2D eigenvalue weighted by atomic mass is 32.1. The first kappa shape index (κ1) is 15.2. The van der Waals surface area contributed by atoms with Gasteiger partial charge in [0.05, 0.1) is 4.88 Å². The van der Waals surface area contributed by atoms with Crippen molar-refractivity contribution < 1.29 is 9.32 Å². The normalized spacial score (nSPS) is 20.1. The van der Waals surface area contributed by atoms with Gasteiger partial charge in [0.2, 0.25) is 5.89 Å². The molecular formula is C16H21N3O2S. The van der Waals surface area contributed by atoms with Crippen LogP contribution >= 0.6 is 11.3 Å². The Morgan fingerprint density at radius 2 is 2.41 bits per heavy atom. The number of hydrogen-bond acceptors (Lipinski definition) is 5. The summed E-state index contributed by atoms with van der Waals surface area (Å²) in [5.74, 6) is 1.68. The molecule has 6 heteroatoms. The molecule has 0 unspecified atom stereocenters. The maximum absolute atomic E-state index is 12.7. The molecule has 118 valence electrons. The molecule has 1 saturated heterocycles. The highest BCUT2D eigenvalue weighted by Gasteiger charge is 2.33. The third-order valence-electron chi connectivity index (χ3n) is 4.29. The lowest BCUT2D eigenvalue weighted by atomic mass is 10.0. The van der Waals surface area contributed by atoms with Crippen molar-refractivity contribution in [2.75, 3.05) is 6.54 Å². The van der Waals surface area contributed by atoms with Crippen LogP contribution in [0.1, 0.15) is 72.9 Å². The molecule has 2 aromatic heterocycles. The minimum Gasteiger partial charge on any atom is -0.337 e. The lowest BCUT2D eigenvalue weighted by Gasteiger charge is -2.33. The average molecular weight is 319 g/mol. The number of piperidine rings is 1. The van der Waals surface area contributed by atoms with Crippen molar-refractivity contribution >= 4 is 17.2 Å². The fraction of sp³-hybridized carbons (Fsp3) is 0.562. The van der Waals surface area contributed by atoms with E-state index in [1.807, 2.05) is 22.4 Å². The zero-order valence-electron chi connectivity index (χ0n) is 13.0. The van der Waals surface area contributed by atoms with Crippen LogP contribution in [0.25, 0.3) is 0 Å². The number of amides is 1. The molecule has 2 aromatic rings. The fourth-order valence-electron chi connectivity index (χ4n) is 2.74. The predicted molar refractivity (Wildman–Crippen MR) is 85.0 cm³/mol. The molecule has 3 rings (SSSR count). The summed E-state index contributed by atoms with van der Waals surface area (Å²) >= 11 is 1.48. The van der Waals surface area contributed by atoms with Crippen LogP contribution in [0.15, 0.2) is 22.0 Å². The number of nitrogens with zero attached hydrogens (tertiary/aromatic N) is 3. The van der Waals surface area contributed by atoms with Gasteiger partial charge in [0.15, 0.2) is 5.82 Å². The summed E-state index contributed by atoms with van der Waals surface area (Å²) < 4.78 is 5.47. The van der Waals surface area contributed by atoms with E-state index >= 15 is 0 Å². The van der Waals surface area contributed by atoms with Gasteiger partial charge in [-0.3, -0.25) is 4.79 Å². The number of hydrogen-bond donors (Lipinski definition) is 0. The Balaban J connectivity index is 1.83. The van der Waals surface area contributed by atoms with Gasteiger partial charge in [0.1, 0.15) is 6.04 Å². The van der Waals surface area contributed by atoms with E-state index in [9.17, 15) is 4.79 Å². The van der Waals surface area contributed by atoms with Crippen molar-refractivity contribution in [3.8, 4) is 0 Å². The summed E-state index contributed by atoms with van der Waals surface area (Å²) in [5.41, 5.74) is 0. The molecular weight excluding hydrogens is 298 g/mol. The van der Waals surface area contributed by atoms with Gasteiger partial charge in [-0.05, 0) is 37.1 Å². The van der Waals surface area contributed by atoms with E-state index in [1.54, 1.807) is 0 Å². The van der Waals surface area contributed by atoms with Crippen LogP contribution in [0.2, 0.25) is 0 Å². The Hall–Kier alpha value is -1.69. The van der Waals surface area contributed by atoms with Crippen LogP contribution in [-0.2, 0) is 0 Å². The molecule has 0 N–H and O–H groups in total. The molecule has 22 heavy (non-hydrogen) atoms. The van der Waals surface area contributed by atoms with Gasteiger partial charge in [-0.1, -0.05) is 25.1 Å². The third-order valence-corrected chi connectivity index (χ3v) is 5.15. The van der Waals surface area contributed by atoms with Crippen LogP contribution in [0, 0.1) is 0 Å². The van der Waals surface area contributed by atoms with Crippen molar-refractivity contribution in [2.45, 2.75) is 51.5 Å². The first-order valence-electron chi connectivity index (χ1n) is 7.88. The molecule has 1 fully saturated rings. The van der Waals surface area contributed by atoms with E-state index in [1.165, 1.54) is 11.3 Å². The van der Waals surface area contributed by atoms with Crippen LogP contribution in [0.5, 0.6) is 0 Å². The summed E-state index contributed by atoms with van der Waals surface area (Å²) in [6.07, 6.45) is 3.97. The smallest absolute Gasteiger partial charge is 0.264 e. The molecule has 1 amide bonds. The minimum absolute atomic E-state index is 0.0722. The van der Waals surface area contributed by atoms with E-state index in [0.717, 1.165) is 42.9 Å². The van der Waals surface area contributed by atoms with E-state index in [4.69, 9.17) is 4.52 Å². The molecule has 3 heterocycles. The number of thiophene rings is 1. The second-order valence-corrected chi connectivity index (χ2v) is 6.74. The molecule has 0 aliphatic carbocycles. The molecule has 2 atom stereocenters. The first-order valence-corrected chi connectivity index (χ1v) is 8.76. The summed E-state index contributed by atoms with van der Waals surface area (Å²) in [7, 11) is 0. The Kier molecular flexibility index (Phi) is 4.57. The SMILES string of the molecule is CC[C@@H](C)c1noc([C@@H]2CCCCN2C(=O)c2cccs2)n1. The van der Waals surface area contributed by atoms with Crippen molar-refractivity contribution in [1.82, 2.24) is 15.0 Å². The monoisotopic (exact) mass is 319 g/mol.